The molecule has 0 saturated heterocycles. The largest absolute Gasteiger partial charge is 0.301 e. The first-order valence-corrected chi connectivity index (χ1v) is 6.60. The van der Waals surface area contributed by atoms with Gasteiger partial charge in [-0.2, -0.15) is 0 Å². The van der Waals surface area contributed by atoms with Crippen LogP contribution in [0.1, 0.15) is 18.5 Å². The molecule has 14 heavy (non-hydrogen) atoms. The Morgan fingerprint density at radius 2 is 2.36 bits per heavy atom. The molecule has 0 aliphatic carbocycles. The number of aromatic nitrogens is 2. The van der Waals surface area contributed by atoms with Gasteiger partial charge >= 0.3 is 0 Å². The minimum atomic E-state index is -0.0690. The number of unbranched alkanes of at least 4 members (excludes halogenated alkanes) is 1. The van der Waals surface area contributed by atoms with E-state index in [4.69, 9.17) is 0 Å². The Hall–Kier alpha value is -0.290. The highest BCUT2D eigenvalue weighted by atomic mass is 79.9. The molecular weight excluding hydrogens is 264 g/mol. The molecule has 78 valence electrons. The number of alkyl halides is 1. The number of nitrogens with zero attached hydrogens (tertiary/aromatic N) is 1. The van der Waals surface area contributed by atoms with Crippen molar-refractivity contribution in [2.45, 2.75) is 24.9 Å². The van der Waals surface area contributed by atoms with Gasteiger partial charge in [-0.25, -0.2) is 4.98 Å². The summed E-state index contributed by atoms with van der Waals surface area (Å²) in [5.41, 5.74) is 0.706. The highest BCUT2D eigenvalue weighted by molar-refractivity contribution is 9.09. The van der Waals surface area contributed by atoms with Crippen LogP contribution < -0.4 is 5.56 Å². The standard InChI is InChI=1S/C9H13BrN2OS/c1-7-6-8(13)12-9(11-7)14-5-3-2-4-10/h6H,2-5H2,1H3,(H,11,12,13). The number of hydrogen-bond donors (Lipinski definition) is 1. The molecule has 5 heteroatoms. The fourth-order valence-corrected chi connectivity index (χ4v) is 2.30. The van der Waals surface area contributed by atoms with Crippen molar-refractivity contribution in [1.29, 1.82) is 0 Å². The smallest absolute Gasteiger partial charge is 0.251 e. The lowest BCUT2D eigenvalue weighted by atomic mass is 10.4. The van der Waals surface area contributed by atoms with Crippen LogP contribution in [0.5, 0.6) is 0 Å². The van der Waals surface area contributed by atoms with Crippen molar-refractivity contribution in [1.82, 2.24) is 9.97 Å². The lowest BCUT2D eigenvalue weighted by Crippen LogP contribution is -2.08. The maximum atomic E-state index is 11.1. The first-order valence-electron chi connectivity index (χ1n) is 4.49. The fraction of sp³-hybridized carbons (Fsp3) is 0.556. The fourth-order valence-electron chi connectivity index (χ4n) is 0.985. The quantitative estimate of drug-likeness (QED) is 0.389. The molecule has 0 amide bonds. The summed E-state index contributed by atoms with van der Waals surface area (Å²) in [6.45, 7) is 1.83. The van der Waals surface area contributed by atoms with Crippen molar-refractivity contribution in [3.63, 3.8) is 0 Å². The van der Waals surface area contributed by atoms with Crippen molar-refractivity contribution < 1.29 is 0 Å². The van der Waals surface area contributed by atoms with E-state index in [1.165, 1.54) is 6.07 Å². The number of hydrogen-bond acceptors (Lipinski definition) is 3. The van der Waals surface area contributed by atoms with Crippen LogP contribution in [0.3, 0.4) is 0 Å². The van der Waals surface area contributed by atoms with Gasteiger partial charge in [0.15, 0.2) is 5.16 Å². The first kappa shape index (κ1) is 11.8. The van der Waals surface area contributed by atoms with Gasteiger partial charge < -0.3 is 4.98 Å². The van der Waals surface area contributed by atoms with Gasteiger partial charge in [-0.05, 0) is 19.8 Å². The lowest BCUT2D eigenvalue weighted by Gasteiger charge is -2.00. The van der Waals surface area contributed by atoms with Crippen molar-refractivity contribution in [3.8, 4) is 0 Å². The van der Waals surface area contributed by atoms with Crippen molar-refractivity contribution in [2.24, 2.45) is 0 Å². The summed E-state index contributed by atoms with van der Waals surface area (Å²) in [4.78, 5) is 18.0. The second-order valence-electron chi connectivity index (χ2n) is 2.94. The Morgan fingerprint density at radius 1 is 1.57 bits per heavy atom. The van der Waals surface area contributed by atoms with Crippen LogP contribution in [0.15, 0.2) is 16.0 Å². The Bertz CT molecular complexity index is 340. The van der Waals surface area contributed by atoms with Gasteiger partial charge in [0.1, 0.15) is 0 Å². The van der Waals surface area contributed by atoms with E-state index in [2.05, 4.69) is 25.9 Å². The van der Waals surface area contributed by atoms with Gasteiger partial charge in [-0.1, -0.05) is 27.7 Å². The third kappa shape index (κ3) is 4.28. The molecule has 0 bridgehead atoms. The molecule has 0 unspecified atom stereocenters. The van der Waals surface area contributed by atoms with E-state index >= 15 is 0 Å². The van der Waals surface area contributed by atoms with Crippen molar-refractivity contribution >= 4 is 27.7 Å². The SMILES string of the molecule is Cc1cc(=O)[nH]c(SCCCCBr)n1. The number of H-pyrrole nitrogens is 1. The van der Waals surface area contributed by atoms with Gasteiger partial charge in [-0.15, -0.1) is 0 Å². The number of rotatable bonds is 5. The summed E-state index contributed by atoms with van der Waals surface area (Å²) in [6, 6.07) is 1.50. The number of aryl methyl sites for hydroxylation is 1. The topological polar surface area (TPSA) is 45.8 Å². The first-order chi connectivity index (χ1) is 6.72. The highest BCUT2D eigenvalue weighted by Gasteiger charge is 1.98. The van der Waals surface area contributed by atoms with Gasteiger partial charge in [0, 0.05) is 22.8 Å². The van der Waals surface area contributed by atoms with Gasteiger partial charge in [0.25, 0.3) is 5.56 Å². The Morgan fingerprint density at radius 3 is 3.00 bits per heavy atom. The predicted octanol–water partition coefficient (Wildman–Crippen LogP) is 2.35. The maximum Gasteiger partial charge on any atom is 0.251 e. The minimum absolute atomic E-state index is 0.0690. The minimum Gasteiger partial charge on any atom is -0.301 e. The van der Waals surface area contributed by atoms with Crippen LogP contribution in [0.2, 0.25) is 0 Å². The molecule has 1 heterocycles. The summed E-state index contributed by atoms with van der Waals surface area (Å²) in [6.07, 6.45) is 2.29. The molecule has 0 fully saturated rings. The van der Waals surface area contributed by atoms with Crippen LogP contribution in [-0.2, 0) is 0 Å². The number of thioether (sulfide) groups is 1. The Labute approximate surface area is 95.8 Å². The summed E-state index contributed by atoms with van der Waals surface area (Å²) < 4.78 is 0. The Kier molecular flexibility index (Phi) is 5.25. The zero-order valence-electron chi connectivity index (χ0n) is 8.05. The lowest BCUT2D eigenvalue weighted by molar-refractivity contribution is 0.884. The molecule has 0 atom stereocenters. The average Bonchev–Trinajstić information content (AvgIpc) is 2.11. The summed E-state index contributed by atoms with van der Waals surface area (Å²) in [5, 5.41) is 1.76. The van der Waals surface area contributed by atoms with Gasteiger partial charge in [-0.3, -0.25) is 4.79 Å². The number of nitrogens with one attached hydrogen (secondary N) is 1. The van der Waals surface area contributed by atoms with Gasteiger partial charge in [0.2, 0.25) is 0 Å². The highest BCUT2D eigenvalue weighted by Crippen LogP contribution is 2.13. The van der Waals surface area contributed by atoms with E-state index in [9.17, 15) is 4.79 Å². The molecule has 1 rings (SSSR count). The van der Waals surface area contributed by atoms with E-state index in [1.54, 1.807) is 11.8 Å². The maximum absolute atomic E-state index is 11.1. The van der Waals surface area contributed by atoms with E-state index in [1.807, 2.05) is 6.92 Å². The van der Waals surface area contributed by atoms with Crippen LogP contribution in [0, 0.1) is 6.92 Å². The second kappa shape index (κ2) is 6.24. The molecule has 1 aromatic heterocycles. The molecular formula is C9H13BrN2OS. The average molecular weight is 277 g/mol. The summed E-state index contributed by atoms with van der Waals surface area (Å²) in [7, 11) is 0. The molecule has 0 saturated carbocycles. The van der Waals surface area contributed by atoms with Crippen molar-refractivity contribution in [3.05, 3.63) is 22.1 Å². The molecule has 0 radical (unpaired) electrons. The normalized spacial score (nSPS) is 10.4. The van der Waals surface area contributed by atoms with Crippen molar-refractivity contribution in [2.75, 3.05) is 11.1 Å². The van der Waals surface area contributed by atoms with Gasteiger partial charge in [0.05, 0.1) is 0 Å². The third-order valence-corrected chi connectivity index (χ3v) is 3.14. The zero-order chi connectivity index (χ0) is 10.4. The zero-order valence-corrected chi connectivity index (χ0v) is 10.4. The van der Waals surface area contributed by atoms with Crippen LogP contribution in [-0.4, -0.2) is 21.1 Å². The second-order valence-corrected chi connectivity index (χ2v) is 4.81. The molecule has 1 aromatic rings. The number of halogens is 1. The van der Waals surface area contributed by atoms with Crippen LogP contribution >= 0.6 is 27.7 Å². The van der Waals surface area contributed by atoms with E-state index in [0.29, 0.717) is 0 Å². The Balaban J connectivity index is 2.46. The van der Waals surface area contributed by atoms with Crippen LogP contribution in [0.4, 0.5) is 0 Å². The molecule has 3 nitrogen and oxygen atoms in total. The monoisotopic (exact) mass is 276 g/mol. The molecule has 0 aromatic carbocycles. The van der Waals surface area contributed by atoms with E-state index < -0.39 is 0 Å². The molecule has 1 N–H and O–H groups in total. The summed E-state index contributed by atoms with van der Waals surface area (Å²) in [5.74, 6) is 0.998. The predicted molar refractivity (Wildman–Crippen MR) is 63.3 cm³/mol. The van der Waals surface area contributed by atoms with E-state index in [-0.39, 0.29) is 5.56 Å². The molecule has 0 spiro atoms. The van der Waals surface area contributed by atoms with E-state index in [0.717, 1.165) is 34.8 Å². The molecule has 0 aliphatic rings. The van der Waals surface area contributed by atoms with Crippen LogP contribution in [0.25, 0.3) is 0 Å². The third-order valence-electron chi connectivity index (χ3n) is 1.61. The number of aromatic amines is 1. The summed E-state index contributed by atoms with van der Waals surface area (Å²) >= 11 is 4.98. The molecule has 0 aliphatic heterocycles.